The van der Waals surface area contributed by atoms with Gasteiger partial charge in [0.2, 0.25) is 5.37 Å². The highest BCUT2D eigenvalue weighted by Crippen LogP contribution is 2.17. The Bertz CT molecular complexity index is 365. The predicted octanol–water partition coefficient (Wildman–Crippen LogP) is 0.432. The molecule has 5 heteroatoms. The number of carbonyl (C=O) groups excluding carboxylic acids is 1. The minimum Gasteiger partial charge on any atom is -0.543 e. The van der Waals surface area contributed by atoms with Crippen LogP contribution in [0.1, 0.15) is 18.7 Å². The van der Waals surface area contributed by atoms with Crippen molar-refractivity contribution < 1.29 is 14.5 Å². The highest BCUT2D eigenvalue weighted by Gasteiger charge is 2.19. The molecule has 0 bridgehead atoms. The second-order valence-electron chi connectivity index (χ2n) is 3.94. The summed E-state index contributed by atoms with van der Waals surface area (Å²) in [5.74, 6) is -0.243. The van der Waals surface area contributed by atoms with E-state index in [1.807, 2.05) is 38.1 Å². The van der Waals surface area contributed by atoms with E-state index >= 15 is 0 Å². The van der Waals surface area contributed by atoms with Gasteiger partial charge in [-0.1, -0.05) is 18.7 Å². The minimum atomic E-state index is -1.05. The lowest BCUT2D eigenvalue weighted by Crippen LogP contribution is -2.47. The van der Waals surface area contributed by atoms with Crippen LogP contribution in [0.2, 0.25) is 0 Å². The number of thioether (sulfide) groups is 1. The molecule has 0 amide bonds. The lowest BCUT2D eigenvalue weighted by Gasteiger charge is -2.14. The zero-order valence-corrected chi connectivity index (χ0v) is 11.2. The van der Waals surface area contributed by atoms with E-state index in [1.54, 1.807) is 17.0 Å². The third-order valence-electron chi connectivity index (χ3n) is 2.30. The highest BCUT2D eigenvalue weighted by molar-refractivity contribution is 7.99. The van der Waals surface area contributed by atoms with E-state index in [-0.39, 0.29) is 0 Å². The topological polar surface area (TPSA) is 47.2 Å². The van der Waals surface area contributed by atoms with Crippen molar-refractivity contribution in [3.8, 4) is 0 Å². The smallest absolute Gasteiger partial charge is 0.244 e. The third kappa shape index (κ3) is 3.93. The first-order chi connectivity index (χ1) is 8.06. The van der Waals surface area contributed by atoms with Gasteiger partial charge in [0.15, 0.2) is 12.4 Å². The Morgan fingerprint density at radius 1 is 1.47 bits per heavy atom. The Kier molecular flexibility index (Phi) is 5.28. The van der Waals surface area contributed by atoms with Crippen molar-refractivity contribution >= 4 is 23.4 Å². The molecule has 1 aromatic heterocycles. The van der Waals surface area contributed by atoms with E-state index in [0.717, 1.165) is 17.9 Å². The summed E-state index contributed by atoms with van der Waals surface area (Å²) in [4.78, 5) is 13.0. The van der Waals surface area contributed by atoms with Crippen LogP contribution in [-0.2, 0) is 4.79 Å². The van der Waals surface area contributed by atoms with Gasteiger partial charge in [0.25, 0.3) is 0 Å². The molecule has 4 nitrogen and oxygen atoms in total. The number of anilines is 1. The molecule has 1 rings (SSSR count). The van der Waals surface area contributed by atoms with Crippen LogP contribution < -0.4 is 14.6 Å². The molecule has 0 spiro atoms. The summed E-state index contributed by atoms with van der Waals surface area (Å²) in [5, 5.41) is 10.4. The van der Waals surface area contributed by atoms with Gasteiger partial charge in [-0.3, -0.25) is 0 Å². The maximum Gasteiger partial charge on any atom is 0.244 e. The van der Waals surface area contributed by atoms with Crippen LogP contribution >= 0.6 is 11.8 Å². The van der Waals surface area contributed by atoms with Crippen LogP contribution in [0.4, 0.5) is 5.69 Å². The Morgan fingerprint density at radius 2 is 2.06 bits per heavy atom. The number of carbonyl (C=O) groups is 1. The fourth-order valence-corrected chi connectivity index (χ4v) is 2.30. The van der Waals surface area contributed by atoms with Crippen LogP contribution in [0, 0.1) is 0 Å². The maximum absolute atomic E-state index is 11.1. The third-order valence-corrected chi connectivity index (χ3v) is 3.70. The number of aliphatic carboxylic acids is 1. The largest absolute Gasteiger partial charge is 0.543 e. The fraction of sp³-hybridized carbons (Fsp3) is 0.500. The summed E-state index contributed by atoms with van der Waals surface area (Å²) in [6.45, 7) is 2.03. The molecule has 0 aliphatic carbocycles. The van der Waals surface area contributed by atoms with Crippen molar-refractivity contribution in [2.75, 3.05) is 24.7 Å². The molecule has 94 valence electrons. The van der Waals surface area contributed by atoms with Gasteiger partial charge in [0, 0.05) is 31.9 Å². The highest BCUT2D eigenvalue weighted by atomic mass is 32.2. The molecule has 0 fully saturated rings. The van der Waals surface area contributed by atoms with Gasteiger partial charge >= 0.3 is 0 Å². The van der Waals surface area contributed by atoms with Crippen molar-refractivity contribution in [1.29, 1.82) is 0 Å². The molecule has 0 radical (unpaired) electrons. The molecular formula is C12H18N2O2S. The molecule has 17 heavy (non-hydrogen) atoms. The number of aromatic nitrogens is 1. The van der Waals surface area contributed by atoms with Gasteiger partial charge in [0.1, 0.15) is 5.97 Å². The van der Waals surface area contributed by atoms with Crippen LogP contribution in [-0.4, -0.2) is 25.8 Å². The summed E-state index contributed by atoms with van der Waals surface area (Å²) in [6, 6.07) is 3.78. The summed E-state index contributed by atoms with van der Waals surface area (Å²) in [5.41, 5.74) is 1.04. The standard InChI is InChI=1S/C12H18N2O2S/c1-4-9-17-11(12(15)16)14-7-5-10(6-8-14)13(2)3/h5-8,11H,4,9H2,1-3H3. The number of carboxylic acids is 1. The first-order valence-corrected chi connectivity index (χ1v) is 6.61. The number of nitrogens with zero attached hydrogens (tertiary/aromatic N) is 2. The van der Waals surface area contributed by atoms with Gasteiger partial charge in [-0.25, -0.2) is 0 Å². The van der Waals surface area contributed by atoms with Crippen molar-refractivity contribution in [3.05, 3.63) is 24.5 Å². The van der Waals surface area contributed by atoms with Crippen LogP contribution in [0.15, 0.2) is 24.5 Å². The van der Waals surface area contributed by atoms with Gasteiger partial charge < -0.3 is 14.8 Å². The predicted molar refractivity (Wildman–Crippen MR) is 67.8 cm³/mol. The van der Waals surface area contributed by atoms with Crippen molar-refractivity contribution in [2.24, 2.45) is 0 Å². The van der Waals surface area contributed by atoms with Gasteiger partial charge in [-0.2, -0.15) is 4.57 Å². The van der Waals surface area contributed by atoms with Gasteiger partial charge in [0.05, 0.1) is 0 Å². The van der Waals surface area contributed by atoms with E-state index in [4.69, 9.17) is 0 Å². The SMILES string of the molecule is CCCSC(C(=O)[O-])[n+]1ccc(N(C)C)cc1. The lowest BCUT2D eigenvalue weighted by atomic mass is 10.4. The summed E-state index contributed by atoms with van der Waals surface area (Å²) in [7, 11) is 3.89. The fourth-order valence-electron chi connectivity index (χ4n) is 1.39. The zero-order chi connectivity index (χ0) is 12.8. The second kappa shape index (κ2) is 6.49. The molecule has 1 aromatic rings. The molecule has 1 heterocycles. The lowest BCUT2D eigenvalue weighted by molar-refractivity contribution is -0.693. The van der Waals surface area contributed by atoms with E-state index in [2.05, 4.69) is 0 Å². The molecule has 0 aromatic carbocycles. The molecule has 0 aliphatic heterocycles. The van der Waals surface area contributed by atoms with Crippen molar-refractivity contribution in [1.82, 2.24) is 0 Å². The van der Waals surface area contributed by atoms with Crippen molar-refractivity contribution in [2.45, 2.75) is 18.7 Å². The molecule has 0 N–H and O–H groups in total. The summed E-state index contributed by atoms with van der Waals surface area (Å²) >= 11 is 1.38. The molecule has 0 saturated heterocycles. The van der Waals surface area contributed by atoms with E-state index in [1.165, 1.54) is 11.8 Å². The normalized spacial score (nSPS) is 12.2. The Morgan fingerprint density at radius 3 is 2.47 bits per heavy atom. The first kappa shape index (κ1) is 13.8. The molecule has 1 unspecified atom stereocenters. The Balaban J connectivity index is 2.83. The van der Waals surface area contributed by atoms with Crippen molar-refractivity contribution in [3.63, 3.8) is 0 Å². The molecular weight excluding hydrogens is 236 g/mol. The Labute approximate surface area is 106 Å². The van der Waals surface area contributed by atoms with Crippen LogP contribution in [0.25, 0.3) is 0 Å². The summed E-state index contributed by atoms with van der Waals surface area (Å²) in [6.07, 6.45) is 4.50. The molecule has 1 atom stereocenters. The average Bonchev–Trinajstić information content (AvgIpc) is 2.29. The Hall–Kier alpha value is -1.23. The number of hydrogen-bond acceptors (Lipinski definition) is 4. The van der Waals surface area contributed by atoms with Crippen LogP contribution in [0.5, 0.6) is 0 Å². The first-order valence-electron chi connectivity index (χ1n) is 5.57. The van der Waals surface area contributed by atoms with E-state index in [9.17, 15) is 9.90 Å². The summed E-state index contributed by atoms with van der Waals surface area (Å²) < 4.78 is 1.67. The monoisotopic (exact) mass is 254 g/mol. The van der Waals surface area contributed by atoms with Gasteiger partial charge in [-0.05, 0) is 12.2 Å². The number of rotatable bonds is 6. The molecule has 0 aliphatic rings. The second-order valence-corrected chi connectivity index (χ2v) is 5.13. The quantitative estimate of drug-likeness (QED) is 0.691. The van der Waals surface area contributed by atoms with E-state index in [0.29, 0.717) is 0 Å². The minimum absolute atomic E-state index is 0.647. The maximum atomic E-state index is 11.1. The van der Waals surface area contributed by atoms with E-state index < -0.39 is 11.3 Å². The van der Waals surface area contributed by atoms with Gasteiger partial charge in [-0.15, -0.1) is 0 Å². The average molecular weight is 254 g/mol. The molecule has 0 saturated carbocycles. The zero-order valence-electron chi connectivity index (χ0n) is 10.4. The number of carboxylic acid groups (broad SMARTS) is 1. The van der Waals surface area contributed by atoms with Crippen LogP contribution in [0.3, 0.4) is 0 Å². The number of hydrogen-bond donors (Lipinski definition) is 0. The number of pyridine rings is 1.